The molecule has 1 aromatic carbocycles. The van der Waals surface area contributed by atoms with Crippen molar-refractivity contribution < 1.29 is 78.0 Å². The number of carbonyl (C=O) groups excluding carboxylic acids is 4. The summed E-state index contributed by atoms with van der Waals surface area (Å²) in [6.07, 6.45) is -1.99. The molecular weight excluding hydrogens is 851 g/mol. The lowest BCUT2D eigenvalue weighted by Crippen LogP contribution is -2.70. The van der Waals surface area contributed by atoms with Crippen molar-refractivity contribution in [1.29, 1.82) is 0 Å². The maximum atomic E-state index is 15.6. The fraction of sp³-hybridized carbons (Fsp3) is 0.739. The second-order valence-corrected chi connectivity index (χ2v) is 20.0. The number of rotatable bonds is 16. The number of benzene rings is 1. The Kier molecular flexibility index (Phi) is 13.0. The maximum absolute atomic E-state index is 15.6. The summed E-state index contributed by atoms with van der Waals surface area (Å²) < 4.78 is 36.7. The Balaban J connectivity index is 0.967. The molecule has 0 aromatic heterocycles. The van der Waals surface area contributed by atoms with Gasteiger partial charge in [0.1, 0.15) is 65.9 Å². The summed E-state index contributed by atoms with van der Waals surface area (Å²) in [5, 5.41) is 54.9. The Morgan fingerprint density at radius 1 is 0.985 bits per heavy atom. The van der Waals surface area contributed by atoms with Crippen LogP contribution in [0.15, 0.2) is 30.3 Å². The van der Waals surface area contributed by atoms with Crippen molar-refractivity contribution in [3.63, 3.8) is 0 Å². The minimum Gasteiger partial charge on any atom is -0.460 e. The van der Waals surface area contributed by atoms with E-state index in [0.29, 0.717) is 18.4 Å². The van der Waals surface area contributed by atoms with Crippen molar-refractivity contribution in [1.82, 2.24) is 15.3 Å². The first-order valence-electron chi connectivity index (χ1n) is 23.2. The molecule has 0 unspecified atom stereocenters. The first-order valence-corrected chi connectivity index (χ1v) is 23.2. The predicted octanol–water partition coefficient (Wildman–Crippen LogP) is 0.207. The third-order valence-corrected chi connectivity index (χ3v) is 14.3. The molecule has 5 saturated heterocycles. The molecule has 0 radical (unpaired) electrons. The van der Waals surface area contributed by atoms with E-state index < -0.39 is 127 Å². The number of amides is 2. The highest BCUT2D eigenvalue weighted by Crippen LogP contribution is 2.64. The molecule has 6 N–H and O–H groups in total. The number of ether oxygens (including phenoxy) is 6. The van der Waals surface area contributed by atoms with Gasteiger partial charge in [-0.1, -0.05) is 36.4 Å². The van der Waals surface area contributed by atoms with Crippen molar-refractivity contribution in [2.45, 2.75) is 170 Å². The van der Waals surface area contributed by atoms with Gasteiger partial charge in [-0.2, -0.15) is 5.06 Å². The third-order valence-electron chi connectivity index (χ3n) is 14.3. The topological polar surface area (TPSA) is 253 Å². The molecule has 2 amide bonds. The molecule has 5 aliphatic heterocycles. The minimum atomic E-state index is -1.58. The minimum absolute atomic E-state index is 0.0259. The van der Waals surface area contributed by atoms with Gasteiger partial charge < -0.3 is 64.2 Å². The molecule has 19 heteroatoms. The quantitative estimate of drug-likeness (QED) is 0.121. The van der Waals surface area contributed by atoms with Crippen molar-refractivity contribution in [3.05, 3.63) is 41.5 Å². The Morgan fingerprint density at radius 3 is 2.40 bits per heavy atom. The van der Waals surface area contributed by atoms with Crippen LogP contribution in [-0.2, 0) is 59.0 Å². The third kappa shape index (κ3) is 8.75. The van der Waals surface area contributed by atoms with Gasteiger partial charge >= 0.3 is 11.9 Å². The number of esters is 2. The number of nitrogens with zero attached hydrogens (tertiary/aromatic N) is 2. The molecule has 9 rings (SSSR count). The van der Waals surface area contributed by atoms with E-state index in [1.54, 1.807) is 32.9 Å². The second-order valence-electron chi connectivity index (χ2n) is 20.0. The van der Waals surface area contributed by atoms with Crippen molar-refractivity contribution in [2.24, 2.45) is 17.3 Å². The molecule has 8 fully saturated rings. The Hall–Kier alpha value is -3.60. The Labute approximate surface area is 377 Å². The van der Waals surface area contributed by atoms with Crippen LogP contribution in [-0.4, -0.2) is 170 Å². The smallest absolute Gasteiger partial charge is 0.327 e. The van der Waals surface area contributed by atoms with Crippen LogP contribution >= 0.6 is 0 Å². The number of aliphatic hydroxyl groups is 5. The van der Waals surface area contributed by atoms with Crippen molar-refractivity contribution in [2.75, 3.05) is 26.4 Å². The molecule has 19 nitrogen and oxygen atoms in total. The van der Waals surface area contributed by atoms with Gasteiger partial charge in [0.2, 0.25) is 11.8 Å². The van der Waals surface area contributed by atoms with Crippen molar-refractivity contribution >= 4 is 29.8 Å². The summed E-state index contributed by atoms with van der Waals surface area (Å²) in [7, 11) is 0. The fourth-order valence-electron chi connectivity index (χ4n) is 10.9. The van der Waals surface area contributed by atoms with Crippen LogP contribution < -0.4 is 5.32 Å². The SMILES string of the molecule is CC(C)(C)OC(=O)CC[C@@H](CO)NC(=O)[C@H]1CCCN1C(=O)[C@@]12C[C@H]3OC(=O)[C@@H]1N(Cc1ccccc1C=CCO[C@H]1O[C@H](CO)[C@H](O)[C@H](O)[C@H]1O)O[C@@H]2[C@H]1OC(C2CC2)(C2CC2)O[C@H]13. The Bertz CT molecular complexity index is 1970. The molecule has 3 saturated carbocycles. The lowest BCUT2D eigenvalue weighted by atomic mass is 9.62. The maximum Gasteiger partial charge on any atom is 0.327 e. The number of hydrogen-bond acceptors (Lipinski definition) is 17. The molecule has 3 aliphatic carbocycles. The molecule has 0 spiro atoms. The molecule has 5 heterocycles. The highest BCUT2D eigenvalue weighted by atomic mass is 16.8. The zero-order valence-electron chi connectivity index (χ0n) is 37.1. The van der Waals surface area contributed by atoms with Crippen LogP contribution in [0.4, 0.5) is 0 Å². The number of likely N-dealkylation sites (tertiary alicyclic amines) is 1. The lowest BCUT2D eigenvalue weighted by molar-refractivity contribution is -0.298. The van der Waals surface area contributed by atoms with Gasteiger partial charge in [0, 0.05) is 31.2 Å². The number of hydroxylamine groups is 2. The van der Waals surface area contributed by atoms with Gasteiger partial charge in [-0.05, 0) is 76.8 Å². The average molecular weight is 914 g/mol. The van der Waals surface area contributed by atoms with Gasteiger partial charge in [0.25, 0.3) is 0 Å². The normalized spacial score (nSPS) is 37.0. The second kappa shape index (κ2) is 18.1. The van der Waals surface area contributed by atoms with Crippen molar-refractivity contribution in [3.8, 4) is 0 Å². The molecule has 8 aliphatic rings. The van der Waals surface area contributed by atoms with E-state index in [1.807, 2.05) is 24.3 Å². The number of carbonyl (C=O) groups is 4. The van der Waals surface area contributed by atoms with E-state index >= 15 is 4.79 Å². The molecular formula is C46H63N3O16. The number of nitrogens with one attached hydrogen (secondary N) is 1. The summed E-state index contributed by atoms with van der Waals surface area (Å²) >= 11 is 0. The summed E-state index contributed by atoms with van der Waals surface area (Å²) in [6.45, 7) is 4.48. The van der Waals surface area contributed by atoms with E-state index in [0.717, 1.165) is 31.2 Å². The summed E-state index contributed by atoms with van der Waals surface area (Å²) in [4.78, 5) is 65.1. The van der Waals surface area contributed by atoms with Crippen LogP contribution in [0.3, 0.4) is 0 Å². The van der Waals surface area contributed by atoms with Crippen LogP contribution in [0.2, 0.25) is 0 Å². The highest BCUT2D eigenvalue weighted by molar-refractivity contribution is 5.96. The molecule has 65 heavy (non-hydrogen) atoms. The highest BCUT2D eigenvalue weighted by Gasteiger charge is 2.78. The molecule has 2 bridgehead atoms. The standard InChI is InChI=1S/C46H63N3O16/c1-44(2,3)62-32(52)17-16-28(22-50)47-40(56)29-11-6-18-48(29)43(58)45-20-30-36-37(64-46(63-36,26-12-13-26)27-14-15-27)39(45)65-49(38(45)41(57)60-30)21-25-9-5-4-8-24(25)10-7-19-59-42-35(55)34(54)33(53)31(23-51)61-42/h4-5,7-10,26-31,33-39,42,50-51,53-55H,6,11-23H2,1-3H3,(H,47,56)/t28-,29+,30+,31+,33-,34-,35+,36-,37-,38-,39+,42-,45-/m0/s1. The monoisotopic (exact) mass is 913 g/mol. The zero-order chi connectivity index (χ0) is 46.0. The summed E-state index contributed by atoms with van der Waals surface area (Å²) in [5.74, 6) is -2.48. The van der Waals surface area contributed by atoms with Crippen LogP contribution in [0.25, 0.3) is 6.08 Å². The van der Waals surface area contributed by atoms with Gasteiger partial charge in [-0.15, -0.1) is 0 Å². The largest absolute Gasteiger partial charge is 0.460 e. The van der Waals surface area contributed by atoms with Gasteiger partial charge in [0.15, 0.2) is 18.1 Å². The molecule has 13 atom stereocenters. The van der Waals surface area contributed by atoms with Crippen LogP contribution in [0.1, 0.15) is 89.7 Å². The molecule has 358 valence electrons. The van der Waals surface area contributed by atoms with E-state index in [9.17, 15) is 39.9 Å². The molecule has 1 aromatic rings. The Morgan fingerprint density at radius 2 is 1.71 bits per heavy atom. The average Bonchev–Trinajstić information content (AvgIpc) is 4.20. The predicted molar refractivity (Wildman–Crippen MR) is 223 cm³/mol. The summed E-state index contributed by atoms with van der Waals surface area (Å²) in [5.41, 5.74) is -0.772. The van der Waals surface area contributed by atoms with Gasteiger partial charge in [-0.25, -0.2) is 0 Å². The fourth-order valence-corrected chi connectivity index (χ4v) is 10.9. The van der Waals surface area contributed by atoms with E-state index in [4.69, 9.17) is 33.3 Å². The number of aliphatic hydroxyl groups excluding tert-OH is 5. The lowest BCUT2D eigenvalue weighted by Gasteiger charge is -2.50. The van der Waals surface area contributed by atoms with Gasteiger partial charge in [-0.3, -0.25) is 24.0 Å². The van der Waals surface area contributed by atoms with E-state index in [2.05, 4.69) is 5.32 Å². The number of hydrogen-bond donors (Lipinski definition) is 6. The number of fused-ring (bicyclic) bond motifs is 4. The van der Waals surface area contributed by atoms with E-state index in [1.165, 1.54) is 9.96 Å². The van der Waals surface area contributed by atoms with Crippen LogP contribution in [0, 0.1) is 17.3 Å². The van der Waals surface area contributed by atoms with E-state index in [-0.39, 0.29) is 50.8 Å². The van der Waals surface area contributed by atoms with Crippen LogP contribution in [0.5, 0.6) is 0 Å². The zero-order valence-corrected chi connectivity index (χ0v) is 37.1. The first-order chi connectivity index (χ1) is 31.1. The van der Waals surface area contributed by atoms with Gasteiger partial charge in [0.05, 0.1) is 32.4 Å². The summed E-state index contributed by atoms with van der Waals surface area (Å²) in [6, 6.07) is 4.48. The first kappa shape index (κ1) is 46.5.